The van der Waals surface area contributed by atoms with Crippen molar-refractivity contribution < 1.29 is 26.7 Å². The molecule has 0 radical (unpaired) electrons. The maximum absolute atomic E-state index is 12.5. The first-order chi connectivity index (χ1) is 8.18. The minimum Gasteiger partial charge on any atom is -0.294 e. The first-order valence-electron chi connectivity index (χ1n) is 4.62. The normalized spacial score (nSPS) is 11.4. The predicted molar refractivity (Wildman–Crippen MR) is 51.1 cm³/mol. The van der Waals surface area contributed by atoms with Gasteiger partial charge in [-0.3, -0.25) is 4.79 Å². The highest BCUT2D eigenvalue weighted by Gasteiger charge is 2.37. The summed E-state index contributed by atoms with van der Waals surface area (Å²) in [5.74, 6) is -0.748. The van der Waals surface area contributed by atoms with Crippen LogP contribution in [0.5, 0.6) is 0 Å². The van der Waals surface area contributed by atoms with E-state index < -0.39 is 40.6 Å². The molecule has 0 fully saturated rings. The zero-order valence-electron chi connectivity index (χ0n) is 8.98. The van der Waals surface area contributed by atoms with Gasteiger partial charge in [-0.2, -0.15) is 18.4 Å². The fourth-order valence-corrected chi connectivity index (χ4v) is 1.43. The number of nitriles is 1. The van der Waals surface area contributed by atoms with E-state index in [0.29, 0.717) is 6.07 Å². The molecule has 1 aromatic rings. The van der Waals surface area contributed by atoms with Crippen molar-refractivity contribution in [3.05, 3.63) is 34.4 Å². The Kier molecular flexibility index (Phi) is 3.70. The molecular weight excluding hydrogens is 257 g/mol. The van der Waals surface area contributed by atoms with Crippen LogP contribution in [0.3, 0.4) is 0 Å². The SMILES string of the molecule is CC(=O)c1cc(C(F)F)c(C(F)(F)F)cc1C#N. The molecule has 0 unspecified atom stereocenters. The van der Waals surface area contributed by atoms with Crippen LogP contribution in [0, 0.1) is 11.3 Å². The maximum atomic E-state index is 12.5. The fourth-order valence-electron chi connectivity index (χ4n) is 1.43. The van der Waals surface area contributed by atoms with Crippen LogP contribution in [0.15, 0.2) is 12.1 Å². The van der Waals surface area contributed by atoms with Gasteiger partial charge < -0.3 is 0 Å². The Morgan fingerprint density at radius 3 is 2.22 bits per heavy atom. The van der Waals surface area contributed by atoms with Crippen molar-refractivity contribution in [2.75, 3.05) is 0 Å². The number of rotatable bonds is 2. The summed E-state index contributed by atoms with van der Waals surface area (Å²) in [4.78, 5) is 11.1. The van der Waals surface area contributed by atoms with E-state index in [1.54, 1.807) is 0 Å². The van der Waals surface area contributed by atoms with Gasteiger partial charge in [0.05, 0.1) is 17.2 Å². The molecule has 0 aromatic heterocycles. The second-order valence-corrected chi connectivity index (χ2v) is 3.45. The number of alkyl halides is 5. The molecule has 1 aromatic carbocycles. The fraction of sp³-hybridized carbons (Fsp3) is 0.273. The van der Waals surface area contributed by atoms with E-state index in [9.17, 15) is 26.7 Å². The van der Waals surface area contributed by atoms with Crippen LogP contribution in [-0.4, -0.2) is 5.78 Å². The summed E-state index contributed by atoms with van der Waals surface area (Å²) in [7, 11) is 0. The molecule has 0 aliphatic rings. The molecule has 0 heterocycles. The van der Waals surface area contributed by atoms with E-state index >= 15 is 0 Å². The Labute approximate surface area is 98.6 Å². The molecule has 2 nitrogen and oxygen atoms in total. The molecule has 0 aliphatic heterocycles. The number of hydrogen-bond acceptors (Lipinski definition) is 2. The van der Waals surface area contributed by atoms with Gasteiger partial charge in [-0.1, -0.05) is 0 Å². The molecule has 0 saturated carbocycles. The number of halogens is 5. The average molecular weight is 263 g/mol. The van der Waals surface area contributed by atoms with Gasteiger partial charge in [-0.15, -0.1) is 0 Å². The van der Waals surface area contributed by atoms with Crippen LogP contribution in [0.4, 0.5) is 22.0 Å². The molecule has 1 rings (SSSR count). The lowest BCUT2D eigenvalue weighted by molar-refractivity contribution is -0.139. The summed E-state index contributed by atoms with van der Waals surface area (Å²) in [5.41, 5.74) is -3.91. The molecule has 7 heteroatoms. The molecule has 0 aliphatic carbocycles. The number of Topliss-reactive ketones (excluding diaryl/α,β-unsaturated/α-hetero) is 1. The number of nitrogens with zero attached hydrogens (tertiary/aromatic N) is 1. The lowest BCUT2D eigenvalue weighted by Gasteiger charge is -2.14. The quantitative estimate of drug-likeness (QED) is 0.602. The van der Waals surface area contributed by atoms with Crippen LogP contribution < -0.4 is 0 Å². The van der Waals surface area contributed by atoms with E-state index in [0.717, 1.165) is 6.92 Å². The lowest BCUT2D eigenvalue weighted by atomic mass is 9.96. The summed E-state index contributed by atoms with van der Waals surface area (Å²) >= 11 is 0. The maximum Gasteiger partial charge on any atom is 0.416 e. The van der Waals surface area contributed by atoms with Gasteiger partial charge in [0.15, 0.2) is 5.78 Å². The van der Waals surface area contributed by atoms with Crippen molar-refractivity contribution in [3.8, 4) is 6.07 Å². The Morgan fingerprint density at radius 2 is 1.89 bits per heavy atom. The molecule has 0 bridgehead atoms. The third kappa shape index (κ3) is 2.64. The Hall–Kier alpha value is -1.97. The van der Waals surface area contributed by atoms with Crippen LogP contribution in [0.25, 0.3) is 0 Å². The lowest BCUT2D eigenvalue weighted by Crippen LogP contribution is -2.12. The van der Waals surface area contributed by atoms with Crippen LogP contribution in [0.1, 0.15) is 40.4 Å². The monoisotopic (exact) mass is 263 g/mol. The number of benzene rings is 1. The highest BCUT2D eigenvalue weighted by molar-refractivity contribution is 5.96. The summed E-state index contributed by atoms with van der Waals surface area (Å²) < 4.78 is 62.7. The molecule has 96 valence electrons. The Balaban J connectivity index is 3.64. The van der Waals surface area contributed by atoms with Gasteiger partial charge in [0.1, 0.15) is 0 Å². The first-order valence-corrected chi connectivity index (χ1v) is 4.62. The van der Waals surface area contributed by atoms with E-state index in [1.165, 1.54) is 6.07 Å². The van der Waals surface area contributed by atoms with Gasteiger partial charge in [-0.25, -0.2) is 8.78 Å². The summed E-state index contributed by atoms with van der Waals surface area (Å²) in [6.07, 6.45) is -8.39. The summed E-state index contributed by atoms with van der Waals surface area (Å²) in [6, 6.07) is 2.09. The van der Waals surface area contributed by atoms with Gasteiger partial charge >= 0.3 is 6.18 Å². The summed E-state index contributed by atoms with van der Waals surface area (Å²) in [6.45, 7) is 0.985. The van der Waals surface area contributed by atoms with Gasteiger partial charge in [0.25, 0.3) is 6.43 Å². The second-order valence-electron chi connectivity index (χ2n) is 3.45. The largest absolute Gasteiger partial charge is 0.416 e. The molecule has 0 atom stereocenters. The topological polar surface area (TPSA) is 40.9 Å². The highest BCUT2D eigenvalue weighted by Crippen LogP contribution is 2.37. The number of carbonyl (C=O) groups is 1. The Bertz CT molecular complexity index is 527. The third-order valence-electron chi connectivity index (χ3n) is 2.23. The highest BCUT2D eigenvalue weighted by atomic mass is 19.4. The molecule has 0 N–H and O–H groups in total. The van der Waals surface area contributed by atoms with Crippen LogP contribution in [0.2, 0.25) is 0 Å². The van der Waals surface area contributed by atoms with Crippen molar-refractivity contribution in [3.63, 3.8) is 0 Å². The van der Waals surface area contributed by atoms with Crippen LogP contribution in [-0.2, 0) is 6.18 Å². The average Bonchev–Trinajstić information content (AvgIpc) is 2.25. The molecule has 0 amide bonds. The van der Waals surface area contributed by atoms with E-state index in [1.807, 2.05) is 0 Å². The van der Waals surface area contributed by atoms with Crippen LogP contribution >= 0.6 is 0 Å². The van der Waals surface area contributed by atoms with Crippen molar-refractivity contribution in [1.29, 1.82) is 5.26 Å². The van der Waals surface area contributed by atoms with Crippen molar-refractivity contribution in [2.45, 2.75) is 19.5 Å². The zero-order valence-corrected chi connectivity index (χ0v) is 8.98. The number of hydrogen-bond donors (Lipinski definition) is 0. The zero-order chi connectivity index (χ0) is 14.1. The third-order valence-corrected chi connectivity index (χ3v) is 2.23. The molecular formula is C11H6F5NO. The van der Waals surface area contributed by atoms with Crippen molar-refractivity contribution in [2.24, 2.45) is 0 Å². The minimum atomic E-state index is -5.01. The molecule has 0 spiro atoms. The minimum absolute atomic E-state index is 0.276. The standard InChI is InChI=1S/C11H6F5NO/c1-5(18)7-3-8(10(12)13)9(11(14,15)16)2-6(7)4-17/h2-3,10H,1H3. The molecule has 0 saturated heterocycles. The first kappa shape index (κ1) is 14.1. The second kappa shape index (κ2) is 4.72. The van der Waals surface area contributed by atoms with E-state index in [2.05, 4.69) is 0 Å². The van der Waals surface area contributed by atoms with Gasteiger partial charge in [0, 0.05) is 11.1 Å². The van der Waals surface area contributed by atoms with Gasteiger partial charge in [-0.05, 0) is 19.1 Å². The predicted octanol–water partition coefficient (Wildman–Crippen LogP) is 3.72. The van der Waals surface area contributed by atoms with Gasteiger partial charge in [0.2, 0.25) is 0 Å². The van der Waals surface area contributed by atoms with Crippen molar-refractivity contribution in [1.82, 2.24) is 0 Å². The smallest absolute Gasteiger partial charge is 0.294 e. The van der Waals surface area contributed by atoms with E-state index in [-0.39, 0.29) is 6.07 Å². The number of carbonyl (C=O) groups excluding carboxylic acids is 1. The Morgan fingerprint density at radius 1 is 1.33 bits per heavy atom. The number of ketones is 1. The summed E-state index contributed by atoms with van der Waals surface area (Å²) in [5, 5.41) is 8.63. The van der Waals surface area contributed by atoms with E-state index in [4.69, 9.17) is 5.26 Å². The van der Waals surface area contributed by atoms with Crippen molar-refractivity contribution >= 4 is 5.78 Å². The molecule has 18 heavy (non-hydrogen) atoms.